The van der Waals surface area contributed by atoms with E-state index in [1.54, 1.807) is 0 Å². The summed E-state index contributed by atoms with van der Waals surface area (Å²) in [5.41, 5.74) is 27.5. The van der Waals surface area contributed by atoms with Crippen LogP contribution in [0.4, 0.5) is 0 Å². The first kappa shape index (κ1) is 23.5. The van der Waals surface area contributed by atoms with Gasteiger partial charge in [-0.25, -0.2) is 0 Å². The fraction of sp³-hybridized carbons (Fsp3) is 0. The Bertz CT molecular complexity index is 153. The second-order valence-corrected chi connectivity index (χ2v) is 1.79. The smallest absolute Gasteiger partial charge is 0.336 e. The maximum atomic E-state index is 8.42. The van der Waals surface area contributed by atoms with Gasteiger partial charge in [0.15, 0.2) is 0 Å². The van der Waals surface area contributed by atoms with Gasteiger partial charge in [-0.1, -0.05) is 0 Å². The summed E-state index contributed by atoms with van der Waals surface area (Å²) >= 11 is 0. The molecule has 0 saturated heterocycles. The van der Waals surface area contributed by atoms with Crippen LogP contribution in [0, 0.1) is 0 Å². The molecular weight excluding hydrogens is 221 g/mol. The molecule has 13 heteroatoms. The maximum absolute atomic E-state index is 8.42. The van der Waals surface area contributed by atoms with Crippen molar-refractivity contribution in [3.05, 3.63) is 0 Å². The molecule has 18 N–H and O–H groups in total. The molecule has 0 aliphatic rings. The van der Waals surface area contributed by atoms with E-state index in [1.165, 1.54) is 0 Å². The second kappa shape index (κ2) is 18.5. The molecule has 0 unspecified atom stereocenters. The number of hydrogen-bond donors (Lipinski definition) is 9. The molecule has 0 bridgehead atoms. The molecule has 0 heterocycles. The zero-order valence-corrected chi connectivity index (χ0v) is 8.50. The van der Waals surface area contributed by atoms with Crippen molar-refractivity contribution in [2.24, 2.45) is 34.4 Å². The Kier molecular flexibility index (Phi) is 27.2. The highest BCUT2D eigenvalue weighted by atomic mass is 16.5. The molecule has 0 fully saturated rings. The van der Waals surface area contributed by atoms with Crippen molar-refractivity contribution in [2.45, 2.75) is 0 Å². The summed E-state index contributed by atoms with van der Waals surface area (Å²) in [4.78, 5) is 0. The van der Waals surface area contributed by atoms with Gasteiger partial charge in [-0.15, -0.1) is 0 Å². The largest absolute Gasteiger partial charge is 0.907 e. The molecule has 0 rings (SSSR count). The Morgan fingerprint density at radius 2 is 0.625 bits per heavy atom. The van der Waals surface area contributed by atoms with Gasteiger partial charge in [-0.2, -0.15) is 0 Å². The first-order valence-corrected chi connectivity index (χ1v) is 3.31. The summed E-state index contributed by atoms with van der Waals surface area (Å²) in [6.07, 6.45) is 0. The van der Waals surface area contributed by atoms with Gasteiger partial charge in [0, 0.05) is 0 Å². The molecule has 0 spiro atoms. The van der Waals surface area contributed by atoms with Crippen LogP contribution in [0.2, 0.25) is 0 Å². The van der Waals surface area contributed by atoms with Crippen molar-refractivity contribution in [1.82, 2.24) is 0 Å². The average Bonchev–Trinajstić information content (AvgIpc) is 1.76. The lowest BCUT2D eigenvalue weighted by atomic mass is 10.3. The molecule has 0 aromatic carbocycles. The van der Waals surface area contributed by atoms with Gasteiger partial charge in [0.2, 0.25) is 0 Å². The van der Waals surface area contributed by atoms with Gasteiger partial charge in [0.1, 0.15) is 0 Å². The molecule has 0 radical (unpaired) electrons. The van der Waals surface area contributed by atoms with Crippen LogP contribution in [-0.4, -0.2) is 25.2 Å². The van der Waals surface area contributed by atoms with Gasteiger partial charge in [0.25, 0.3) is 0 Å². The minimum absolute atomic E-state index is 0.0833. The van der Waals surface area contributed by atoms with Gasteiger partial charge in [-0.3, -0.25) is 58.0 Å². The molecule has 16 heavy (non-hydrogen) atoms. The highest BCUT2D eigenvalue weighted by molar-refractivity contribution is 6.24. The quantitative estimate of drug-likeness (QED) is 0.110. The van der Waals surface area contributed by atoms with E-state index in [1.807, 2.05) is 0 Å². The monoisotopic (exact) mass is 239 g/mol. The van der Waals surface area contributed by atoms with Gasteiger partial charge in [-0.05, 0) is 0 Å². The highest BCUT2D eigenvalue weighted by Crippen LogP contribution is 0.995. The van der Waals surface area contributed by atoms with E-state index >= 15 is 0 Å². The Morgan fingerprint density at radius 3 is 0.625 bits per heavy atom. The van der Waals surface area contributed by atoms with Crippen LogP contribution in [-0.2, 0) is 0 Å². The predicted octanol–water partition coefficient (Wildman–Crippen LogP) is -12.9. The van der Waals surface area contributed by atoms with Crippen LogP contribution in [0.5, 0.6) is 0 Å². The zero-order chi connectivity index (χ0) is 14.3. The first-order chi connectivity index (χ1) is 6.93. The highest BCUT2D eigenvalue weighted by Gasteiger charge is 1.64. The van der Waals surface area contributed by atoms with Crippen molar-refractivity contribution in [3.8, 4) is 0 Å². The summed E-state index contributed by atoms with van der Waals surface area (Å²) < 4.78 is 0. The van der Waals surface area contributed by atoms with E-state index in [0.717, 1.165) is 0 Å². The predicted molar refractivity (Wildman–Crippen MR) is 51.7 cm³/mol. The number of hydrogen-bond acceptors (Lipinski definition) is 3. The maximum Gasteiger partial charge on any atom is 0.336 e. The SMILES string of the molecule is NC(N)=[NH2+].NC(N)=[NH2+].NC(N)=[NH2+].[O-]B([O-])[O-]. The first-order valence-electron chi connectivity index (χ1n) is 3.31. The molecule has 0 aliphatic carbocycles. The van der Waals surface area contributed by atoms with E-state index < -0.39 is 7.32 Å². The minimum Gasteiger partial charge on any atom is -0.907 e. The Hall–Kier alpha value is -2.25. The molecule has 0 saturated carbocycles. The minimum atomic E-state index is -2.92. The normalized spacial score (nSPS) is 6.19. The summed E-state index contributed by atoms with van der Waals surface area (Å²) in [7, 11) is -2.92. The van der Waals surface area contributed by atoms with Crippen molar-refractivity contribution >= 4 is 25.2 Å². The van der Waals surface area contributed by atoms with Crippen LogP contribution >= 0.6 is 0 Å². The standard InChI is InChI=1S/3CH5N3.BO3/c4*2-1(3)4/h3*(H5,2,3,4);/q;;;-3/p+3. The molecular formula is C3H18BN9O3. The third kappa shape index (κ3) is 270. The van der Waals surface area contributed by atoms with Crippen LogP contribution in [0.25, 0.3) is 0 Å². The van der Waals surface area contributed by atoms with E-state index in [-0.39, 0.29) is 17.9 Å². The second-order valence-electron chi connectivity index (χ2n) is 1.79. The summed E-state index contributed by atoms with van der Waals surface area (Å²) in [6, 6.07) is 0. The van der Waals surface area contributed by atoms with Crippen molar-refractivity contribution in [3.63, 3.8) is 0 Å². The third-order valence-corrected chi connectivity index (χ3v) is 0. The van der Waals surface area contributed by atoms with Gasteiger partial charge in [0.05, 0.1) is 0 Å². The Balaban J connectivity index is -0.0000000600. The van der Waals surface area contributed by atoms with E-state index in [2.05, 4.69) is 50.6 Å². The topological polar surface area (TPSA) is 302 Å². The lowest BCUT2D eigenvalue weighted by Gasteiger charge is -2.35. The van der Waals surface area contributed by atoms with Crippen LogP contribution < -0.4 is 65.7 Å². The molecule has 0 aromatic rings. The van der Waals surface area contributed by atoms with E-state index in [0.29, 0.717) is 0 Å². The fourth-order valence-corrected chi connectivity index (χ4v) is 0. The molecule has 0 atom stereocenters. The lowest BCUT2D eigenvalue weighted by molar-refractivity contribution is -0.479. The molecule has 0 amide bonds. The van der Waals surface area contributed by atoms with Crippen molar-refractivity contribution < 1.29 is 31.3 Å². The van der Waals surface area contributed by atoms with E-state index in [9.17, 15) is 0 Å². The van der Waals surface area contributed by atoms with Crippen LogP contribution in [0.1, 0.15) is 0 Å². The van der Waals surface area contributed by atoms with Crippen LogP contribution in [0.15, 0.2) is 0 Å². The Morgan fingerprint density at radius 1 is 0.625 bits per heavy atom. The van der Waals surface area contributed by atoms with Gasteiger partial charge >= 0.3 is 17.9 Å². The summed E-state index contributed by atoms with van der Waals surface area (Å²) in [6.45, 7) is 0. The number of rotatable bonds is 0. The summed E-state index contributed by atoms with van der Waals surface area (Å²) in [5, 5.41) is 39.0. The Labute approximate surface area is 91.9 Å². The molecule has 0 aliphatic heterocycles. The zero-order valence-electron chi connectivity index (χ0n) is 8.50. The molecule has 96 valence electrons. The third-order valence-electron chi connectivity index (χ3n) is 0. The van der Waals surface area contributed by atoms with Crippen LogP contribution in [0.3, 0.4) is 0 Å². The average molecular weight is 239 g/mol. The van der Waals surface area contributed by atoms with Crippen molar-refractivity contribution in [1.29, 1.82) is 0 Å². The fourth-order valence-electron chi connectivity index (χ4n) is 0. The van der Waals surface area contributed by atoms with Gasteiger partial charge < -0.3 is 15.1 Å². The number of guanidine groups is 3. The lowest BCUT2D eigenvalue weighted by Crippen LogP contribution is -2.56. The summed E-state index contributed by atoms with van der Waals surface area (Å²) in [5.74, 6) is -0.250. The van der Waals surface area contributed by atoms with E-state index in [4.69, 9.17) is 15.1 Å². The van der Waals surface area contributed by atoms with Crippen molar-refractivity contribution in [2.75, 3.05) is 0 Å². The number of nitrogens with two attached hydrogens (primary N) is 9. The molecule has 12 nitrogen and oxygen atoms in total. The molecule has 0 aromatic heterocycles.